The summed E-state index contributed by atoms with van der Waals surface area (Å²) in [6.07, 6.45) is 3.76. The maximum atomic E-state index is 13.1. The molecule has 1 aromatic heterocycles. The van der Waals surface area contributed by atoms with Crippen LogP contribution in [0.25, 0.3) is 17.0 Å². The highest BCUT2D eigenvalue weighted by molar-refractivity contribution is 8.18. The number of fused-ring (bicyclic) bond motifs is 1. The molecule has 0 bridgehead atoms. The number of carbonyl (C=O) groups excluding carboxylic acids is 2. The fourth-order valence-electron chi connectivity index (χ4n) is 3.93. The molecular formula is C26H17Cl3N2O2S. The molecule has 0 radical (unpaired) electrons. The van der Waals surface area contributed by atoms with Crippen molar-refractivity contribution >= 4 is 74.7 Å². The maximum Gasteiger partial charge on any atom is 0.293 e. The fraction of sp³-hybridized carbons (Fsp3) is 0.0769. The number of imide groups is 1. The lowest BCUT2D eigenvalue weighted by molar-refractivity contribution is -0.123. The number of para-hydroxylation sites is 1. The van der Waals surface area contributed by atoms with E-state index in [0.717, 1.165) is 33.8 Å². The molecule has 2 amide bonds. The minimum absolute atomic E-state index is 0.0896. The Hall–Kier alpha value is -2.70. The lowest BCUT2D eigenvalue weighted by Gasteiger charge is -2.13. The SMILES string of the molecule is O=C1S/C(=C\c2cn(Cc3ccccc3Cl)c3ccccc23)C(=O)N1Cc1ccc(Cl)cc1Cl. The average Bonchev–Trinajstić information content (AvgIpc) is 3.29. The molecular weight excluding hydrogens is 511 g/mol. The van der Waals surface area contributed by atoms with Gasteiger partial charge in [-0.15, -0.1) is 0 Å². The van der Waals surface area contributed by atoms with Gasteiger partial charge in [-0.25, -0.2) is 0 Å². The molecule has 1 aliphatic heterocycles. The predicted octanol–water partition coefficient (Wildman–Crippen LogP) is 7.89. The van der Waals surface area contributed by atoms with Gasteiger partial charge in [0.05, 0.1) is 11.4 Å². The summed E-state index contributed by atoms with van der Waals surface area (Å²) in [7, 11) is 0. The molecule has 4 aromatic rings. The first-order valence-electron chi connectivity index (χ1n) is 10.4. The lowest BCUT2D eigenvalue weighted by atomic mass is 10.1. The zero-order chi connectivity index (χ0) is 23.8. The lowest BCUT2D eigenvalue weighted by Crippen LogP contribution is -2.27. The van der Waals surface area contributed by atoms with Crippen LogP contribution >= 0.6 is 46.6 Å². The molecule has 4 nitrogen and oxygen atoms in total. The zero-order valence-corrected chi connectivity index (χ0v) is 20.8. The molecule has 3 aromatic carbocycles. The minimum atomic E-state index is -0.344. The molecule has 5 rings (SSSR count). The summed E-state index contributed by atoms with van der Waals surface area (Å²) in [5, 5.41) is 2.27. The molecule has 0 saturated carbocycles. The predicted molar refractivity (Wildman–Crippen MR) is 140 cm³/mol. The van der Waals surface area contributed by atoms with Crippen LogP contribution < -0.4 is 0 Å². The van der Waals surface area contributed by atoms with Crippen molar-refractivity contribution in [3.63, 3.8) is 0 Å². The van der Waals surface area contributed by atoms with Gasteiger partial charge in [-0.05, 0) is 53.2 Å². The van der Waals surface area contributed by atoms with E-state index in [0.29, 0.717) is 32.1 Å². The zero-order valence-electron chi connectivity index (χ0n) is 17.7. The Kier molecular flexibility index (Phi) is 6.45. The van der Waals surface area contributed by atoms with Crippen LogP contribution in [-0.2, 0) is 17.9 Å². The summed E-state index contributed by atoms with van der Waals surface area (Å²) in [5.41, 5.74) is 3.53. The van der Waals surface area contributed by atoms with Crippen molar-refractivity contribution in [1.29, 1.82) is 0 Å². The van der Waals surface area contributed by atoms with Gasteiger partial charge in [0.1, 0.15) is 0 Å². The van der Waals surface area contributed by atoms with Gasteiger partial charge in [0.25, 0.3) is 11.1 Å². The Labute approximate surface area is 215 Å². The molecule has 1 fully saturated rings. The Morgan fingerprint density at radius 3 is 2.35 bits per heavy atom. The Bertz CT molecular complexity index is 1480. The number of halogens is 3. The summed E-state index contributed by atoms with van der Waals surface area (Å²) in [5.74, 6) is -0.344. The number of nitrogens with zero attached hydrogens (tertiary/aromatic N) is 2. The van der Waals surface area contributed by atoms with Crippen molar-refractivity contribution in [3.05, 3.63) is 110 Å². The molecule has 34 heavy (non-hydrogen) atoms. The highest BCUT2D eigenvalue weighted by Gasteiger charge is 2.35. The maximum absolute atomic E-state index is 13.1. The summed E-state index contributed by atoms with van der Waals surface area (Å²) in [6, 6.07) is 20.7. The van der Waals surface area contributed by atoms with Crippen LogP contribution in [0.4, 0.5) is 4.79 Å². The van der Waals surface area contributed by atoms with Crippen LogP contribution in [-0.4, -0.2) is 20.6 Å². The van der Waals surface area contributed by atoms with E-state index in [2.05, 4.69) is 4.57 Å². The van der Waals surface area contributed by atoms with E-state index in [1.165, 1.54) is 4.90 Å². The Balaban J connectivity index is 1.47. The number of benzene rings is 3. The summed E-state index contributed by atoms with van der Waals surface area (Å²) >= 11 is 19.5. The molecule has 8 heteroatoms. The van der Waals surface area contributed by atoms with Crippen molar-refractivity contribution in [2.24, 2.45) is 0 Å². The summed E-state index contributed by atoms with van der Waals surface area (Å²) in [4.78, 5) is 27.3. The van der Waals surface area contributed by atoms with E-state index in [-0.39, 0.29) is 17.7 Å². The molecule has 0 N–H and O–H groups in total. The first-order chi connectivity index (χ1) is 16.4. The number of aromatic nitrogens is 1. The van der Waals surface area contributed by atoms with Crippen molar-refractivity contribution < 1.29 is 9.59 Å². The number of rotatable bonds is 5. The third-order valence-electron chi connectivity index (χ3n) is 5.62. The van der Waals surface area contributed by atoms with Crippen molar-refractivity contribution in [1.82, 2.24) is 9.47 Å². The van der Waals surface area contributed by atoms with E-state index in [4.69, 9.17) is 34.8 Å². The third kappa shape index (κ3) is 4.49. The second kappa shape index (κ2) is 9.51. The normalized spacial score (nSPS) is 15.1. The number of thioether (sulfide) groups is 1. The van der Waals surface area contributed by atoms with Crippen molar-refractivity contribution in [3.8, 4) is 0 Å². The van der Waals surface area contributed by atoms with Crippen LogP contribution in [0.3, 0.4) is 0 Å². The van der Waals surface area contributed by atoms with Crippen LogP contribution in [0.5, 0.6) is 0 Å². The molecule has 0 spiro atoms. The van der Waals surface area contributed by atoms with Gasteiger partial charge >= 0.3 is 0 Å². The molecule has 0 atom stereocenters. The molecule has 0 unspecified atom stereocenters. The van der Waals surface area contributed by atoms with Gasteiger partial charge in [-0.2, -0.15) is 0 Å². The second-order valence-corrected chi connectivity index (χ2v) is 10.1. The van der Waals surface area contributed by atoms with Gasteiger partial charge in [0.2, 0.25) is 0 Å². The molecule has 0 aliphatic carbocycles. The van der Waals surface area contributed by atoms with Crippen molar-refractivity contribution in [2.45, 2.75) is 13.1 Å². The Morgan fingerprint density at radius 2 is 1.56 bits per heavy atom. The van der Waals surface area contributed by atoms with Crippen LogP contribution in [0.2, 0.25) is 15.1 Å². The van der Waals surface area contributed by atoms with Crippen LogP contribution in [0.15, 0.2) is 77.8 Å². The first-order valence-corrected chi connectivity index (χ1v) is 12.4. The summed E-state index contributed by atoms with van der Waals surface area (Å²) in [6.45, 7) is 0.677. The van der Waals surface area contributed by atoms with Gasteiger partial charge in [0, 0.05) is 44.3 Å². The number of carbonyl (C=O) groups is 2. The van der Waals surface area contributed by atoms with E-state index in [1.54, 1.807) is 24.3 Å². The first kappa shape index (κ1) is 23.1. The van der Waals surface area contributed by atoms with E-state index in [9.17, 15) is 9.59 Å². The number of hydrogen-bond donors (Lipinski definition) is 0. The van der Waals surface area contributed by atoms with E-state index < -0.39 is 0 Å². The van der Waals surface area contributed by atoms with Gasteiger partial charge in [0.15, 0.2) is 0 Å². The second-order valence-electron chi connectivity index (χ2n) is 7.82. The summed E-state index contributed by atoms with van der Waals surface area (Å²) < 4.78 is 2.10. The highest BCUT2D eigenvalue weighted by atomic mass is 35.5. The smallest absolute Gasteiger partial charge is 0.293 e. The van der Waals surface area contributed by atoms with Crippen LogP contribution in [0.1, 0.15) is 16.7 Å². The average molecular weight is 528 g/mol. The van der Waals surface area contributed by atoms with Gasteiger partial charge < -0.3 is 4.57 Å². The van der Waals surface area contributed by atoms with Crippen molar-refractivity contribution in [2.75, 3.05) is 0 Å². The topological polar surface area (TPSA) is 42.3 Å². The molecule has 170 valence electrons. The molecule has 2 heterocycles. The molecule has 1 saturated heterocycles. The van der Waals surface area contributed by atoms with Crippen LogP contribution in [0, 0.1) is 0 Å². The van der Waals surface area contributed by atoms with Gasteiger partial charge in [-0.3, -0.25) is 14.5 Å². The van der Waals surface area contributed by atoms with E-state index >= 15 is 0 Å². The van der Waals surface area contributed by atoms with E-state index in [1.807, 2.05) is 54.7 Å². The quantitative estimate of drug-likeness (QED) is 0.248. The number of hydrogen-bond acceptors (Lipinski definition) is 3. The minimum Gasteiger partial charge on any atom is -0.342 e. The largest absolute Gasteiger partial charge is 0.342 e. The monoisotopic (exact) mass is 526 g/mol. The fourth-order valence-corrected chi connectivity index (χ4v) is 5.42. The third-order valence-corrected chi connectivity index (χ3v) is 7.48. The Morgan fingerprint density at radius 1 is 0.824 bits per heavy atom. The standard InChI is InChI=1S/C26H17Cl3N2O2S/c27-19-10-9-17(22(29)12-19)15-31-25(32)24(34-26(31)33)11-18-14-30(23-8-4-2-6-20(18)23)13-16-5-1-3-7-21(16)28/h1-12,14H,13,15H2/b24-11-. The number of amides is 2. The highest BCUT2D eigenvalue weighted by Crippen LogP contribution is 2.36. The molecule has 1 aliphatic rings. The van der Waals surface area contributed by atoms with Gasteiger partial charge in [-0.1, -0.05) is 77.3 Å².